The molecule has 0 saturated heterocycles. The summed E-state index contributed by atoms with van der Waals surface area (Å²) in [4.78, 5) is 11.7. The minimum atomic E-state index is -4.78. The number of carboxylic acid groups (broad SMARTS) is 1. The molecule has 0 aliphatic heterocycles. The van der Waals surface area contributed by atoms with Crippen LogP contribution in [0, 0.1) is 17.8 Å². The van der Waals surface area contributed by atoms with Gasteiger partial charge in [-0.3, -0.25) is 0 Å². The summed E-state index contributed by atoms with van der Waals surface area (Å²) in [7, 11) is 0. The quantitative estimate of drug-likeness (QED) is 0.257. The third-order valence-corrected chi connectivity index (χ3v) is 8.94. The van der Waals surface area contributed by atoms with Crippen molar-refractivity contribution in [3.8, 4) is 0 Å². The number of rotatable bonds is 6. The van der Waals surface area contributed by atoms with Crippen LogP contribution in [0.4, 0.5) is 49.1 Å². The molecule has 0 aromatic heterocycles. The number of carboxylic acids is 1. The van der Waals surface area contributed by atoms with E-state index < -0.39 is 35.0 Å². The summed E-state index contributed by atoms with van der Waals surface area (Å²) in [6.07, 6.45) is -1.95. The molecule has 4 bridgehead atoms. The van der Waals surface area contributed by atoms with Gasteiger partial charge in [0, 0.05) is 17.1 Å². The first-order chi connectivity index (χ1) is 19.3. The number of halogens is 6. The Morgan fingerprint density at radius 3 is 1.73 bits per heavy atom. The van der Waals surface area contributed by atoms with Crippen molar-refractivity contribution in [1.82, 2.24) is 0 Å². The van der Waals surface area contributed by atoms with Gasteiger partial charge in [-0.2, -0.15) is 26.3 Å². The fraction of sp³-hybridized carbons (Fsp3) is 0.387. The lowest BCUT2D eigenvalue weighted by Crippen LogP contribution is -2.48. The number of carbonyl (C=O) groups is 1. The van der Waals surface area contributed by atoms with Crippen LogP contribution in [0.1, 0.15) is 65.6 Å². The van der Waals surface area contributed by atoms with Crippen molar-refractivity contribution in [3.05, 3.63) is 82.9 Å². The van der Waals surface area contributed by atoms with Gasteiger partial charge in [0.05, 0.1) is 22.4 Å². The summed E-state index contributed by atoms with van der Waals surface area (Å²) in [5.41, 5.74) is -1.15. The van der Waals surface area contributed by atoms with Crippen molar-refractivity contribution in [1.29, 1.82) is 0 Å². The van der Waals surface area contributed by atoms with E-state index in [-0.39, 0.29) is 22.5 Å². The van der Waals surface area contributed by atoms with Gasteiger partial charge in [0.15, 0.2) is 0 Å². The highest BCUT2D eigenvalue weighted by molar-refractivity contribution is 5.95. The van der Waals surface area contributed by atoms with Crippen molar-refractivity contribution in [2.24, 2.45) is 17.8 Å². The second kappa shape index (κ2) is 9.70. The zero-order valence-electron chi connectivity index (χ0n) is 21.9. The monoisotopic (exact) mass is 574 g/mol. The maximum absolute atomic E-state index is 13.8. The third kappa shape index (κ3) is 5.48. The average molecular weight is 575 g/mol. The molecular weight excluding hydrogens is 546 g/mol. The van der Waals surface area contributed by atoms with Gasteiger partial charge >= 0.3 is 18.3 Å². The number of alkyl halides is 6. The molecule has 4 saturated carbocycles. The molecular formula is C31H28F6N2O2. The summed E-state index contributed by atoms with van der Waals surface area (Å²) in [5.74, 6) is 0.687. The van der Waals surface area contributed by atoms with Gasteiger partial charge in [0.25, 0.3) is 0 Å². The van der Waals surface area contributed by atoms with E-state index in [1.807, 2.05) is 12.1 Å². The second-order valence-electron chi connectivity index (χ2n) is 11.9. The Morgan fingerprint density at radius 1 is 0.683 bits per heavy atom. The van der Waals surface area contributed by atoms with Gasteiger partial charge in [-0.15, -0.1) is 0 Å². The molecule has 3 aromatic carbocycles. The molecule has 41 heavy (non-hydrogen) atoms. The lowest BCUT2D eigenvalue weighted by atomic mass is 9.48. The molecule has 4 aliphatic carbocycles. The van der Waals surface area contributed by atoms with E-state index in [0.29, 0.717) is 17.8 Å². The smallest absolute Gasteiger partial charge is 0.416 e. The Bertz CT molecular complexity index is 1440. The van der Waals surface area contributed by atoms with Crippen LogP contribution in [-0.4, -0.2) is 11.1 Å². The molecule has 4 nitrogen and oxygen atoms in total. The highest BCUT2D eigenvalue weighted by Crippen LogP contribution is 2.60. The topological polar surface area (TPSA) is 61.4 Å². The molecule has 0 radical (unpaired) electrons. The van der Waals surface area contributed by atoms with Crippen LogP contribution in [0.5, 0.6) is 0 Å². The van der Waals surface area contributed by atoms with Crippen molar-refractivity contribution in [3.63, 3.8) is 0 Å². The first-order valence-electron chi connectivity index (χ1n) is 13.6. The minimum absolute atomic E-state index is 0.0914. The van der Waals surface area contributed by atoms with Gasteiger partial charge in [-0.1, -0.05) is 12.1 Å². The molecule has 10 heteroatoms. The fourth-order valence-corrected chi connectivity index (χ4v) is 7.64. The molecule has 4 fully saturated rings. The molecule has 0 atom stereocenters. The van der Waals surface area contributed by atoms with Gasteiger partial charge in [-0.05, 0) is 116 Å². The Morgan fingerprint density at radius 2 is 1.22 bits per heavy atom. The Balaban J connectivity index is 1.27. The van der Waals surface area contributed by atoms with E-state index in [1.54, 1.807) is 0 Å². The van der Waals surface area contributed by atoms with Crippen LogP contribution in [0.3, 0.4) is 0 Å². The number of hydrogen-bond donors (Lipinski definition) is 3. The van der Waals surface area contributed by atoms with Crippen molar-refractivity contribution < 1.29 is 36.2 Å². The summed E-state index contributed by atoms with van der Waals surface area (Å²) in [6.45, 7) is 0. The third-order valence-electron chi connectivity index (χ3n) is 8.94. The molecule has 7 rings (SSSR count). The van der Waals surface area contributed by atoms with Gasteiger partial charge < -0.3 is 15.7 Å². The molecule has 0 amide bonds. The van der Waals surface area contributed by atoms with Crippen LogP contribution >= 0.6 is 0 Å². The van der Waals surface area contributed by atoms with Crippen molar-refractivity contribution in [2.45, 2.75) is 56.3 Å². The van der Waals surface area contributed by atoms with Crippen molar-refractivity contribution >= 4 is 28.7 Å². The lowest BCUT2D eigenvalue weighted by Gasteiger charge is -2.57. The van der Waals surface area contributed by atoms with E-state index in [4.69, 9.17) is 0 Å². The first kappa shape index (κ1) is 27.5. The fourth-order valence-electron chi connectivity index (χ4n) is 7.64. The maximum Gasteiger partial charge on any atom is 0.416 e. The van der Waals surface area contributed by atoms with Gasteiger partial charge in [-0.25, -0.2) is 4.79 Å². The number of aromatic carboxylic acids is 1. The molecule has 0 unspecified atom stereocenters. The predicted octanol–water partition coefficient (Wildman–Crippen LogP) is 9.38. The van der Waals surface area contributed by atoms with Gasteiger partial charge in [0.1, 0.15) is 0 Å². The number of nitrogens with one attached hydrogen (secondary N) is 2. The number of anilines is 4. The highest BCUT2D eigenvalue weighted by atomic mass is 19.4. The minimum Gasteiger partial charge on any atom is -0.478 e. The van der Waals surface area contributed by atoms with Gasteiger partial charge in [0.2, 0.25) is 0 Å². The maximum atomic E-state index is 13.8. The first-order valence-corrected chi connectivity index (χ1v) is 13.6. The summed E-state index contributed by atoms with van der Waals surface area (Å²) in [5, 5.41) is 15.0. The standard InChI is InChI=1S/C31H28F6N2O2/c32-30(33,34)21-3-6-27(26(12-21)28(40)41)39-25-11-22(31(35,36)37)10-24(13-25)38-23-4-1-20(2-5-23)29-14-17-7-18(15-29)9-19(8-17)16-29/h1-6,10-13,17-19,38-39H,7-9,14-16H2,(H,40,41). The molecule has 4 aliphatic rings. The Hall–Kier alpha value is -3.69. The molecule has 3 aromatic rings. The highest BCUT2D eigenvalue weighted by Gasteiger charge is 2.51. The average Bonchev–Trinajstić information content (AvgIpc) is 2.87. The molecule has 216 valence electrons. The van der Waals surface area contributed by atoms with Crippen LogP contribution in [0.15, 0.2) is 60.7 Å². The number of hydrogen-bond acceptors (Lipinski definition) is 3. The largest absolute Gasteiger partial charge is 0.478 e. The summed E-state index contributed by atoms with van der Waals surface area (Å²) < 4.78 is 80.6. The lowest BCUT2D eigenvalue weighted by molar-refractivity contribution is -0.138. The molecule has 0 heterocycles. The van der Waals surface area contributed by atoms with Crippen molar-refractivity contribution in [2.75, 3.05) is 10.6 Å². The van der Waals surface area contributed by atoms with Crippen LogP contribution in [0.2, 0.25) is 0 Å². The number of benzene rings is 3. The van der Waals surface area contributed by atoms with E-state index >= 15 is 0 Å². The summed E-state index contributed by atoms with van der Waals surface area (Å²) in [6, 6.07) is 12.9. The van der Waals surface area contributed by atoms with Crippen LogP contribution in [0.25, 0.3) is 0 Å². The normalized spacial score (nSPS) is 25.3. The predicted molar refractivity (Wildman–Crippen MR) is 143 cm³/mol. The molecule has 3 N–H and O–H groups in total. The zero-order chi connectivity index (χ0) is 29.2. The van der Waals surface area contributed by atoms with E-state index in [9.17, 15) is 36.2 Å². The Kier molecular flexibility index (Phi) is 6.50. The summed E-state index contributed by atoms with van der Waals surface area (Å²) >= 11 is 0. The molecule has 0 spiro atoms. The van der Waals surface area contributed by atoms with Crippen LogP contribution in [-0.2, 0) is 17.8 Å². The zero-order valence-corrected chi connectivity index (χ0v) is 21.9. The second-order valence-corrected chi connectivity index (χ2v) is 11.9. The van der Waals surface area contributed by atoms with E-state index in [1.165, 1.54) is 50.2 Å². The van der Waals surface area contributed by atoms with Crippen LogP contribution < -0.4 is 10.6 Å². The van der Waals surface area contributed by atoms with E-state index in [0.717, 1.165) is 36.0 Å². The SMILES string of the molecule is O=C(O)c1cc(C(F)(F)F)ccc1Nc1cc(Nc2ccc(C34CC5CC(CC(C5)C3)C4)cc2)cc(C(F)(F)F)c1. The Labute approximate surface area is 232 Å². The van der Waals surface area contributed by atoms with E-state index in [2.05, 4.69) is 22.8 Å².